The number of phenolic OH excluding ortho intramolecular Hbond substituents is 1. The van der Waals surface area contributed by atoms with Gasteiger partial charge < -0.3 is 10.4 Å². The van der Waals surface area contributed by atoms with Gasteiger partial charge in [-0.3, -0.25) is 0 Å². The maximum atomic E-state index is 9.80. The Balaban J connectivity index is 3.26. The number of phenols is 1. The van der Waals surface area contributed by atoms with E-state index >= 15 is 0 Å². The Morgan fingerprint density at radius 2 is 2.00 bits per heavy atom. The normalized spacial score (nSPS) is 10.5. The second-order valence-electron chi connectivity index (χ2n) is 3.18. The van der Waals surface area contributed by atoms with E-state index < -0.39 is 0 Å². The molecule has 0 aliphatic carbocycles. The molecule has 1 aromatic carbocycles. The summed E-state index contributed by atoms with van der Waals surface area (Å²) >= 11 is 3.36. The van der Waals surface area contributed by atoms with Crippen LogP contribution in [-0.2, 0) is 6.54 Å². The Morgan fingerprint density at radius 3 is 2.54 bits per heavy atom. The van der Waals surface area contributed by atoms with Gasteiger partial charge in [-0.05, 0) is 48.0 Å². The molecule has 0 spiro atoms. The van der Waals surface area contributed by atoms with Gasteiger partial charge in [0.15, 0.2) is 0 Å². The van der Waals surface area contributed by atoms with Crippen molar-refractivity contribution in [1.29, 1.82) is 0 Å². The van der Waals surface area contributed by atoms with E-state index in [4.69, 9.17) is 0 Å². The van der Waals surface area contributed by atoms with E-state index in [0.717, 1.165) is 21.2 Å². The van der Waals surface area contributed by atoms with Crippen molar-refractivity contribution in [3.05, 3.63) is 27.2 Å². The molecule has 0 heterocycles. The molecule has 13 heavy (non-hydrogen) atoms. The number of rotatable bonds is 2. The van der Waals surface area contributed by atoms with Crippen molar-refractivity contribution in [3.63, 3.8) is 0 Å². The van der Waals surface area contributed by atoms with Crippen LogP contribution in [-0.4, -0.2) is 12.2 Å². The first-order valence-electron chi connectivity index (χ1n) is 4.20. The van der Waals surface area contributed by atoms with Crippen molar-refractivity contribution < 1.29 is 5.11 Å². The molecule has 72 valence electrons. The average molecular weight is 244 g/mol. The lowest BCUT2D eigenvalue weighted by Gasteiger charge is -2.11. The summed E-state index contributed by atoms with van der Waals surface area (Å²) in [5.74, 6) is 0.354. The fourth-order valence-electron chi connectivity index (χ4n) is 1.38. The van der Waals surface area contributed by atoms with Gasteiger partial charge >= 0.3 is 0 Å². The Bertz CT molecular complexity index is 323. The van der Waals surface area contributed by atoms with Crippen LogP contribution in [0.25, 0.3) is 0 Å². The molecule has 0 atom stereocenters. The fraction of sp³-hybridized carbons (Fsp3) is 0.400. The molecular weight excluding hydrogens is 230 g/mol. The Morgan fingerprint density at radius 1 is 1.38 bits per heavy atom. The Hall–Kier alpha value is -0.540. The van der Waals surface area contributed by atoms with E-state index in [1.54, 1.807) is 0 Å². The van der Waals surface area contributed by atoms with Crippen LogP contribution in [0.4, 0.5) is 0 Å². The van der Waals surface area contributed by atoms with Gasteiger partial charge in [0, 0.05) is 12.1 Å². The highest BCUT2D eigenvalue weighted by Gasteiger charge is 2.10. The van der Waals surface area contributed by atoms with Crippen molar-refractivity contribution in [3.8, 4) is 5.75 Å². The third-order valence-electron chi connectivity index (χ3n) is 2.10. The highest BCUT2D eigenvalue weighted by Crippen LogP contribution is 2.33. The Kier molecular flexibility index (Phi) is 3.33. The summed E-state index contributed by atoms with van der Waals surface area (Å²) in [6, 6.07) is 2.07. The molecule has 3 heteroatoms. The lowest BCUT2D eigenvalue weighted by Crippen LogP contribution is -2.07. The zero-order chi connectivity index (χ0) is 10.0. The molecule has 0 amide bonds. The van der Waals surface area contributed by atoms with Crippen LogP contribution in [0.15, 0.2) is 10.5 Å². The summed E-state index contributed by atoms with van der Waals surface area (Å²) in [4.78, 5) is 0. The molecule has 0 bridgehead atoms. The molecule has 2 N–H and O–H groups in total. The van der Waals surface area contributed by atoms with Crippen LogP contribution in [0.1, 0.15) is 16.7 Å². The third kappa shape index (κ3) is 2.03. The van der Waals surface area contributed by atoms with Crippen LogP contribution < -0.4 is 5.32 Å². The zero-order valence-corrected chi connectivity index (χ0v) is 9.70. The minimum absolute atomic E-state index is 0.354. The number of benzene rings is 1. The van der Waals surface area contributed by atoms with Gasteiger partial charge in [0.25, 0.3) is 0 Å². The van der Waals surface area contributed by atoms with E-state index in [2.05, 4.69) is 27.3 Å². The van der Waals surface area contributed by atoms with Gasteiger partial charge in [-0.25, -0.2) is 0 Å². The second-order valence-corrected chi connectivity index (χ2v) is 3.97. The first-order valence-corrected chi connectivity index (χ1v) is 4.99. The van der Waals surface area contributed by atoms with Crippen molar-refractivity contribution in [1.82, 2.24) is 5.32 Å². The number of halogens is 1. The minimum Gasteiger partial charge on any atom is -0.506 e. The molecule has 2 nitrogen and oxygen atoms in total. The van der Waals surface area contributed by atoms with Gasteiger partial charge in [-0.15, -0.1) is 0 Å². The highest BCUT2D eigenvalue weighted by atomic mass is 79.9. The fourth-order valence-corrected chi connectivity index (χ4v) is 1.73. The van der Waals surface area contributed by atoms with E-state index in [-0.39, 0.29) is 0 Å². The number of aryl methyl sites for hydroxylation is 2. The van der Waals surface area contributed by atoms with Crippen LogP contribution in [0.5, 0.6) is 5.75 Å². The molecule has 1 aromatic rings. The van der Waals surface area contributed by atoms with E-state index in [9.17, 15) is 5.11 Å². The summed E-state index contributed by atoms with van der Waals surface area (Å²) in [5, 5.41) is 12.8. The number of hydrogen-bond acceptors (Lipinski definition) is 2. The molecule has 0 unspecified atom stereocenters. The SMILES string of the molecule is CNCc1c(C)cc(C)c(Br)c1O. The summed E-state index contributed by atoms with van der Waals surface area (Å²) in [6.07, 6.45) is 0. The maximum Gasteiger partial charge on any atom is 0.134 e. The van der Waals surface area contributed by atoms with Crippen LogP contribution >= 0.6 is 15.9 Å². The number of hydrogen-bond donors (Lipinski definition) is 2. The molecule has 0 fully saturated rings. The second kappa shape index (κ2) is 4.11. The van der Waals surface area contributed by atoms with E-state index in [1.807, 2.05) is 20.9 Å². The first-order chi connectivity index (χ1) is 6.07. The minimum atomic E-state index is 0.354. The van der Waals surface area contributed by atoms with Gasteiger partial charge in [0.2, 0.25) is 0 Å². The molecular formula is C10H14BrNO. The lowest BCUT2D eigenvalue weighted by atomic mass is 10.0. The summed E-state index contributed by atoms with van der Waals surface area (Å²) in [5.41, 5.74) is 3.14. The third-order valence-corrected chi connectivity index (χ3v) is 3.10. The average Bonchev–Trinajstić information content (AvgIpc) is 2.09. The number of aromatic hydroxyl groups is 1. The molecule has 1 rings (SSSR count). The maximum absolute atomic E-state index is 9.80. The quantitative estimate of drug-likeness (QED) is 0.837. The standard InChI is InChI=1S/C10H14BrNO/c1-6-4-7(2)9(11)10(13)8(6)5-12-3/h4,12-13H,5H2,1-3H3. The van der Waals surface area contributed by atoms with E-state index in [1.165, 1.54) is 0 Å². The molecule has 0 saturated heterocycles. The van der Waals surface area contributed by atoms with Crippen LogP contribution in [0.2, 0.25) is 0 Å². The van der Waals surface area contributed by atoms with Crippen molar-refractivity contribution in [2.45, 2.75) is 20.4 Å². The topological polar surface area (TPSA) is 32.3 Å². The molecule has 0 aliphatic heterocycles. The summed E-state index contributed by atoms with van der Waals surface area (Å²) < 4.78 is 0.795. The molecule has 0 aromatic heterocycles. The van der Waals surface area contributed by atoms with Gasteiger partial charge in [-0.1, -0.05) is 6.07 Å². The zero-order valence-electron chi connectivity index (χ0n) is 8.11. The first kappa shape index (κ1) is 10.5. The summed E-state index contributed by atoms with van der Waals surface area (Å²) in [6.45, 7) is 4.67. The highest BCUT2D eigenvalue weighted by molar-refractivity contribution is 9.10. The molecule has 0 aliphatic rings. The van der Waals surface area contributed by atoms with E-state index in [0.29, 0.717) is 12.3 Å². The smallest absolute Gasteiger partial charge is 0.134 e. The van der Waals surface area contributed by atoms with Crippen molar-refractivity contribution in [2.24, 2.45) is 0 Å². The lowest BCUT2D eigenvalue weighted by molar-refractivity contribution is 0.461. The largest absolute Gasteiger partial charge is 0.506 e. The van der Waals surface area contributed by atoms with Gasteiger partial charge in [-0.2, -0.15) is 0 Å². The predicted octanol–water partition coefficient (Wildman–Crippen LogP) is 2.49. The van der Waals surface area contributed by atoms with Crippen LogP contribution in [0, 0.1) is 13.8 Å². The van der Waals surface area contributed by atoms with Crippen molar-refractivity contribution >= 4 is 15.9 Å². The molecule has 0 saturated carbocycles. The summed E-state index contributed by atoms with van der Waals surface area (Å²) in [7, 11) is 1.87. The monoisotopic (exact) mass is 243 g/mol. The molecule has 0 radical (unpaired) electrons. The predicted molar refractivity (Wildman–Crippen MR) is 58.0 cm³/mol. The van der Waals surface area contributed by atoms with Gasteiger partial charge in [0.1, 0.15) is 5.75 Å². The van der Waals surface area contributed by atoms with Crippen LogP contribution in [0.3, 0.4) is 0 Å². The number of nitrogens with one attached hydrogen (secondary N) is 1. The van der Waals surface area contributed by atoms with Crippen molar-refractivity contribution in [2.75, 3.05) is 7.05 Å². The Labute approximate surface area is 87.1 Å². The van der Waals surface area contributed by atoms with Gasteiger partial charge in [0.05, 0.1) is 4.47 Å².